The van der Waals surface area contributed by atoms with Crippen molar-refractivity contribution >= 4 is 0 Å². The van der Waals surface area contributed by atoms with Crippen molar-refractivity contribution in [2.45, 2.75) is 45.1 Å². The highest BCUT2D eigenvalue weighted by Crippen LogP contribution is 2.51. The molecule has 3 unspecified atom stereocenters. The zero-order chi connectivity index (χ0) is 12.3. The summed E-state index contributed by atoms with van der Waals surface area (Å²) in [6, 6.07) is 11.3. The minimum atomic E-state index is 0.482. The molecule has 1 aliphatic carbocycles. The van der Waals surface area contributed by atoms with Crippen LogP contribution in [0.15, 0.2) is 30.3 Å². The normalized spacial score (nSPS) is 24.9. The molecule has 0 amide bonds. The zero-order valence-corrected chi connectivity index (χ0v) is 10.9. The lowest BCUT2D eigenvalue weighted by Crippen LogP contribution is -2.42. The van der Waals surface area contributed by atoms with Crippen LogP contribution in [0.4, 0.5) is 0 Å². The van der Waals surface area contributed by atoms with Crippen LogP contribution in [0.3, 0.4) is 0 Å². The van der Waals surface area contributed by atoms with E-state index in [1.54, 1.807) is 0 Å². The summed E-state index contributed by atoms with van der Waals surface area (Å²) in [7, 11) is 0. The van der Waals surface area contributed by atoms with E-state index in [0.717, 1.165) is 11.8 Å². The van der Waals surface area contributed by atoms with Crippen molar-refractivity contribution < 1.29 is 0 Å². The molecule has 0 radical (unpaired) electrons. The average molecular weight is 232 g/mol. The van der Waals surface area contributed by atoms with Gasteiger partial charge in [0, 0.05) is 6.04 Å². The third-order valence-corrected chi connectivity index (χ3v) is 4.28. The lowest BCUT2D eigenvalue weighted by molar-refractivity contribution is 0.303. The van der Waals surface area contributed by atoms with E-state index in [1.165, 1.54) is 24.8 Å². The summed E-state index contributed by atoms with van der Waals surface area (Å²) >= 11 is 0. The van der Waals surface area contributed by atoms with Gasteiger partial charge in [0.25, 0.3) is 0 Å². The Morgan fingerprint density at radius 1 is 1.24 bits per heavy atom. The number of hydrogen-bond donors (Lipinski definition) is 2. The lowest BCUT2D eigenvalue weighted by Gasteiger charge is -2.25. The molecule has 1 aliphatic rings. The molecule has 0 spiro atoms. The van der Waals surface area contributed by atoms with Gasteiger partial charge >= 0.3 is 0 Å². The number of rotatable bonds is 6. The number of nitrogens with two attached hydrogens (primary N) is 1. The summed E-state index contributed by atoms with van der Waals surface area (Å²) in [5, 5.41) is 0. The van der Waals surface area contributed by atoms with E-state index in [4.69, 9.17) is 5.84 Å². The fourth-order valence-corrected chi connectivity index (χ4v) is 3.10. The largest absolute Gasteiger partial charge is 0.271 e. The van der Waals surface area contributed by atoms with E-state index in [1.807, 2.05) is 0 Å². The fraction of sp³-hybridized carbons (Fsp3) is 0.600. The van der Waals surface area contributed by atoms with Crippen LogP contribution in [0.5, 0.6) is 0 Å². The van der Waals surface area contributed by atoms with Crippen molar-refractivity contribution in [2.24, 2.45) is 17.7 Å². The predicted molar refractivity (Wildman–Crippen MR) is 72.5 cm³/mol. The highest BCUT2D eigenvalue weighted by Gasteiger charge is 2.45. The molecule has 17 heavy (non-hydrogen) atoms. The standard InChI is InChI=1S/C15H24N2/c1-3-11(4-2)15(17-16)14-10-13(14)12-8-6-5-7-9-12/h5-9,11,13-15,17H,3-4,10,16H2,1-2H3. The first-order chi connectivity index (χ1) is 8.31. The maximum absolute atomic E-state index is 5.76. The molecule has 2 heteroatoms. The molecule has 0 aromatic heterocycles. The van der Waals surface area contributed by atoms with Crippen molar-refractivity contribution in [2.75, 3.05) is 0 Å². The van der Waals surface area contributed by atoms with Crippen LogP contribution in [0.2, 0.25) is 0 Å². The molecular weight excluding hydrogens is 208 g/mol. The molecule has 2 nitrogen and oxygen atoms in total. The third kappa shape index (κ3) is 2.70. The Balaban J connectivity index is 2.01. The van der Waals surface area contributed by atoms with Crippen LogP contribution < -0.4 is 11.3 Å². The molecule has 2 rings (SSSR count). The smallest absolute Gasteiger partial charge is 0.0272 e. The van der Waals surface area contributed by atoms with Crippen molar-refractivity contribution in [3.8, 4) is 0 Å². The van der Waals surface area contributed by atoms with Gasteiger partial charge < -0.3 is 0 Å². The van der Waals surface area contributed by atoms with Crippen LogP contribution in [0.25, 0.3) is 0 Å². The van der Waals surface area contributed by atoms with Gasteiger partial charge in [0.15, 0.2) is 0 Å². The Hall–Kier alpha value is -0.860. The minimum absolute atomic E-state index is 0.482. The second-order valence-corrected chi connectivity index (χ2v) is 5.19. The third-order valence-electron chi connectivity index (χ3n) is 4.28. The van der Waals surface area contributed by atoms with Crippen molar-refractivity contribution in [3.63, 3.8) is 0 Å². The monoisotopic (exact) mass is 232 g/mol. The summed E-state index contributed by atoms with van der Waals surface area (Å²) in [6.07, 6.45) is 3.71. The molecule has 0 saturated heterocycles. The molecule has 0 heterocycles. The molecular formula is C15H24N2. The van der Waals surface area contributed by atoms with Gasteiger partial charge in [0.05, 0.1) is 0 Å². The van der Waals surface area contributed by atoms with E-state index in [9.17, 15) is 0 Å². The number of hydrogen-bond acceptors (Lipinski definition) is 2. The number of benzene rings is 1. The van der Waals surface area contributed by atoms with Gasteiger partial charge in [-0.05, 0) is 29.7 Å². The molecule has 0 aliphatic heterocycles. The van der Waals surface area contributed by atoms with Gasteiger partial charge in [0.2, 0.25) is 0 Å². The Labute approximate surface area is 105 Å². The maximum atomic E-state index is 5.76. The highest BCUT2D eigenvalue weighted by molar-refractivity contribution is 5.26. The van der Waals surface area contributed by atoms with Crippen molar-refractivity contribution in [3.05, 3.63) is 35.9 Å². The Kier molecular flexibility index (Phi) is 4.19. The molecule has 0 bridgehead atoms. The number of nitrogens with one attached hydrogen (secondary N) is 1. The molecule has 1 aromatic rings. The Morgan fingerprint density at radius 3 is 2.41 bits per heavy atom. The van der Waals surface area contributed by atoms with Gasteiger partial charge in [-0.15, -0.1) is 0 Å². The van der Waals surface area contributed by atoms with E-state index in [0.29, 0.717) is 12.0 Å². The van der Waals surface area contributed by atoms with Gasteiger partial charge in [-0.1, -0.05) is 57.0 Å². The minimum Gasteiger partial charge on any atom is -0.271 e. The summed E-state index contributed by atoms with van der Waals surface area (Å²) in [5.41, 5.74) is 4.54. The summed E-state index contributed by atoms with van der Waals surface area (Å²) in [4.78, 5) is 0. The van der Waals surface area contributed by atoms with Crippen LogP contribution in [0, 0.1) is 11.8 Å². The first-order valence-corrected chi connectivity index (χ1v) is 6.82. The molecule has 1 fully saturated rings. The quantitative estimate of drug-likeness (QED) is 0.584. The first-order valence-electron chi connectivity index (χ1n) is 6.82. The fourth-order valence-electron chi connectivity index (χ4n) is 3.10. The Bertz CT molecular complexity index is 332. The van der Waals surface area contributed by atoms with E-state index >= 15 is 0 Å². The van der Waals surface area contributed by atoms with Crippen molar-refractivity contribution in [1.82, 2.24) is 5.43 Å². The van der Waals surface area contributed by atoms with Crippen molar-refractivity contribution in [1.29, 1.82) is 0 Å². The van der Waals surface area contributed by atoms with Gasteiger partial charge in [-0.2, -0.15) is 0 Å². The second kappa shape index (κ2) is 5.65. The van der Waals surface area contributed by atoms with E-state index < -0.39 is 0 Å². The average Bonchev–Trinajstić information content (AvgIpc) is 3.17. The maximum Gasteiger partial charge on any atom is 0.0272 e. The van der Waals surface area contributed by atoms with Gasteiger partial charge in [-0.25, -0.2) is 0 Å². The molecule has 1 saturated carbocycles. The molecule has 3 N–H and O–H groups in total. The lowest BCUT2D eigenvalue weighted by atomic mass is 9.89. The SMILES string of the molecule is CCC(CC)C(NN)C1CC1c1ccccc1. The molecule has 3 atom stereocenters. The topological polar surface area (TPSA) is 38.0 Å². The van der Waals surface area contributed by atoms with Crippen LogP contribution >= 0.6 is 0 Å². The highest BCUT2D eigenvalue weighted by atomic mass is 15.2. The van der Waals surface area contributed by atoms with Crippen LogP contribution in [-0.2, 0) is 0 Å². The van der Waals surface area contributed by atoms with E-state index in [2.05, 4.69) is 49.6 Å². The summed E-state index contributed by atoms with van der Waals surface area (Å²) in [6.45, 7) is 4.52. The zero-order valence-electron chi connectivity index (χ0n) is 10.9. The van der Waals surface area contributed by atoms with E-state index in [-0.39, 0.29) is 0 Å². The predicted octanol–water partition coefficient (Wildman–Crippen LogP) is 3.06. The number of hydrazine groups is 1. The summed E-state index contributed by atoms with van der Waals surface area (Å²) in [5.74, 6) is 7.91. The van der Waals surface area contributed by atoms with Crippen LogP contribution in [0.1, 0.15) is 44.6 Å². The van der Waals surface area contributed by atoms with Gasteiger partial charge in [-0.3, -0.25) is 11.3 Å². The molecule has 1 aromatic carbocycles. The molecule has 94 valence electrons. The summed E-state index contributed by atoms with van der Waals surface area (Å²) < 4.78 is 0. The Morgan fingerprint density at radius 2 is 1.88 bits per heavy atom. The second-order valence-electron chi connectivity index (χ2n) is 5.19. The first kappa shape index (κ1) is 12.6. The van der Waals surface area contributed by atoms with Gasteiger partial charge in [0.1, 0.15) is 0 Å². The van der Waals surface area contributed by atoms with Crippen LogP contribution in [-0.4, -0.2) is 6.04 Å².